The molecule has 83 heavy (non-hydrogen) atoms. The van der Waals surface area contributed by atoms with Crippen molar-refractivity contribution in [2.24, 2.45) is 0 Å². The molecule has 0 aliphatic rings. The van der Waals surface area contributed by atoms with Crippen LogP contribution in [-0.2, 0) is 0 Å². The van der Waals surface area contributed by atoms with Crippen LogP contribution < -0.4 is 9.80 Å². The molecule has 0 unspecified atom stereocenters. The monoisotopic (exact) mass is 1070 g/mol. The van der Waals surface area contributed by atoms with Gasteiger partial charge in [0, 0.05) is 54.0 Å². The van der Waals surface area contributed by atoms with Crippen molar-refractivity contribution < 1.29 is 0 Å². The Morgan fingerprint density at radius 1 is 0.193 bits per heavy atom. The number of anilines is 6. The van der Waals surface area contributed by atoms with E-state index in [4.69, 9.17) is 0 Å². The van der Waals surface area contributed by atoms with E-state index in [9.17, 15) is 0 Å². The predicted octanol–water partition coefficient (Wildman–Crippen LogP) is 23.4. The van der Waals surface area contributed by atoms with Crippen molar-refractivity contribution in [1.82, 2.24) is 0 Å². The molecule has 16 rings (SSSR count). The molecule has 2 nitrogen and oxygen atoms in total. The van der Waals surface area contributed by atoms with Gasteiger partial charge in [0.1, 0.15) is 0 Å². The first-order valence-corrected chi connectivity index (χ1v) is 29.3. The second-order valence-corrected chi connectivity index (χ2v) is 22.6. The Morgan fingerprint density at radius 3 is 1.18 bits per heavy atom. The quantitative estimate of drug-likeness (QED) is 0.126. The minimum absolute atomic E-state index is 1.08. The van der Waals surface area contributed by atoms with Crippen molar-refractivity contribution in [2.45, 2.75) is 0 Å². The van der Waals surface area contributed by atoms with Crippen molar-refractivity contribution in [1.29, 1.82) is 0 Å². The zero-order valence-corrected chi connectivity index (χ0v) is 46.1. The van der Waals surface area contributed by atoms with Gasteiger partial charge in [0.2, 0.25) is 0 Å². The van der Waals surface area contributed by atoms with Crippen LogP contribution in [0.15, 0.2) is 315 Å². The van der Waals surface area contributed by atoms with Gasteiger partial charge in [0.15, 0.2) is 0 Å². The Bertz CT molecular complexity index is 5080. The Labute approximate surface area is 486 Å². The summed E-state index contributed by atoms with van der Waals surface area (Å²) in [4.78, 5) is 4.74. The number of hydrogen-bond acceptors (Lipinski definition) is 3. The third kappa shape index (κ3) is 8.48. The first-order chi connectivity index (χ1) is 41.1. The first-order valence-electron chi connectivity index (χ1n) is 28.5. The maximum absolute atomic E-state index is 2.38. The van der Waals surface area contributed by atoms with E-state index in [0.29, 0.717) is 0 Å². The molecule has 15 aromatic carbocycles. The molecule has 0 saturated carbocycles. The zero-order chi connectivity index (χ0) is 54.8. The van der Waals surface area contributed by atoms with Gasteiger partial charge in [-0.2, -0.15) is 0 Å². The van der Waals surface area contributed by atoms with Crippen LogP contribution in [0.5, 0.6) is 0 Å². The van der Waals surface area contributed by atoms with E-state index in [-0.39, 0.29) is 0 Å². The number of nitrogens with zero attached hydrogens (tertiary/aromatic N) is 2. The fraction of sp³-hybridized carbons (Fsp3) is 0. The summed E-state index contributed by atoms with van der Waals surface area (Å²) in [6.45, 7) is 0. The smallest absolute Gasteiger partial charge is 0.0540 e. The maximum atomic E-state index is 2.38. The molecule has 3 heteroatoms. The van der Waals surface area contributed by atoms with Gasteiger partial charge >= 0.3 is 0 Å². The Morgan fingerprint density at radius 2 is 0.578 bits per heavy atom. The lowest BCUT2D eigenvalue weighted by molar-refractivity contribution is 1.28. The number of hydrogen-bond donors (Lipinski definition) is 0. The molecule has 0 radical (unpaired) electrons. The Balaban J connectivity index is 0.760. The van der Waals surface area contributed by atoms with Gasteiger partial charge < -0.3 is 9.80 Å². The molecular formula is C80H52N2S. The minimum atomic E-state index is 1.08. The molecule has 0 atom stereocenters. The van der Waals surface area contributed by atoms with Crippen LogP contribution in [0.25, 0.3) is 119 Å². The van der Waals surface area contributed by atoms with Crippen molar-refractivity contribution in [3.63, 3.8) is 0 Å². The van der Waals surface area contributed by atoms with E-state index in [1.165, 1.54) is 107 Å². The van der Waals surface area contributed by atoms with Crippen LogP contribution in [0, 0.1) is 0 Å². The normalized spacial score (nSPS) is 11.6. The largest absolute Gasteiger partial charge is 0.311 e. The van der Waals surface area contributed by atoms with Crippen LogP contribution >= 0.6 is 11.3 Å². The van der Waals surface area contributed by atoms with E-state index < -0.39 is 0 Å². The van der Waals surface area contributed by atoms with Crippen LogP contribution in [0.4, 0.5) is 34.1 Å². The second kappa shape index (κ2) is 20.2. The lowest BCUT2D eigenvalue weighted by Crippen LogP contribution is -2.10. The molecule has 0 spiro atoms. The summed E-state index contributed by atoms with van der Waals surface area (Å²) in [6, 6.07) is 116. The fourth-order valence-electron chi connectivity index (χ4n) is 12.8. The molecule has 0 amide bonds. The third-order valence-corrected chi connectivity index (χ3v) is 18.0. The summed E-state index contributed by atoms with van der Waals surface area (Å²) in [6.07, 6.45) is 0. The highest BCUT2D eigenvalue weighted by atomic mass is 32.1. The van der Waals surface area contributed by atoms with E-state index >= 15 is 0 Å². The van der Waals surface area contributed by atoms with Crippen molar-refractivity contribution in [3.05, 3.63) is 315 Å². The van der Waals surface area contributed by atoms with Crippen LogP contribution in [-0.4, -0.2) is 0 Å². The molecule has 16 aromatic rings. The molecule has 0 aliphatic carbocycles. The number of rotatable bonds is 10. The van der Waals surface area contributed by atoms with E-state index in [0.717, 1.165) is 45.3 Å². The Hall–Kier alpha value is -10.6. The molecule has 0 aliphatic heterocycles. The van der Waals surface area contributed by atoms with E-state index in [2.05, 4.69) is 325 Å². The topological polar surface area (TPSA) is 6.48 Å². The van der Waals surface area contributed by atoms with Crippen molar-refractivity contribution in [2.75, 3.05) is 9.80 Å². The first kappa shape index (κ1) is 48.3. The third-order valence-electron chi connectivity index (χ3n) is 16.9. The second-order valence-electron chi connectivity index (χ2n) is 21.6. The Kier molecular flexibility index (Phi) is 11.8. The molecule has 0 saturated heterocycles. The van der Waals surface area contributed by atoms with Crippen molar-refractivity contribution >= 4 is 119 Å². The summed E-state index contributed by atoms with van der Waals surface area (Å²) in [5.41, 5.74) is 16.1. The fourth-order valence-corrected chi connectivity index (χ4v) is 13.9. The van der Waals surface area contributed by atoms with Crippen LogP contribution in [0.2, 0.25) is 0 Å². The zero-order valence-electron chi connectivity index (χ0n) is 45.3. The van der Waals surface area contributed by atoms with Crippen LogP contribution in [0.1, 0.15) is 0 Å². The van der Waals surface area contributed by atoms with Gasteiger partial charge in [-0.25, -0.2) is 0 Å². The van der Waals surface area contributed by atoms with Gasteiger partial charge in [0.25, 0.3) is 0 Å². The number of thiophene rings is 1. The SMILES string of the molecule is c1ccc(N(c2ccc(-c3ccc(N(c4ccc(-c5ccc6c7ccccc7c7ccccc7c6c5)cc4)c4ccc(-c5ccc(-c6ccc7sc8ccccc8c7c6)c6ccccc56)cc4)cc3)cc2)c2cccc3ccccc23)cc1. The average Bonchev–Trinajstić information content (AvgIpc) is 4.00. The minimum Gasteiger partial charge on any atom is -0.311 e. The van der Waals surface area contributed by atoms with Gasteiger partial charge in [0.05, 0.1) is 5.69 Å². The predicted molar refractivity (Wildman–Crippen MR) is 358 cm³/mol. The highest BCUT2D eigenvalue weighted by molar-refractivity contribution is 7.25. The molecule has 1 aromatic heterocycles. The summed E-state index contributed by atoms with van der Waals surface area (Å²) in [5, 5.41) is 15.2. The molecule has 388 valence electrons. The maximum Gasteiger partial charge on any atom is 0.0540 e. The molecule has 0 N–H and O–H groups in total. The summed E-state index contributed by atoms with van der Waals surface area (Å²) < 4.78 is 2.64. The van der Waals surface area contributed by atoms with Gasteiger partial charge in [-0.1, -0.05) is 224 Å². The van der Waals surface area contributed by atoms with E-state index in [1.807, 2.05) is 11.3 Å². The van der Waals surface area contributed by atoms with Gasteiger partial charge in [-0.15, -0.1) is 11.3 Å². The lowest BCUT2D eigenvalue weighted by Gasteiger charge is -2.27. The summed E-state index contributed by atoms with van der Waals surface area (Å²) >= 11 is 1.86. The standard InChI is InChI=1S/C80H52N2S/c1-2-17-60(18-3-1)82(78-27-14-16-56-15-4-5-19-67(56)78)64-43-31-54(32-44-64)53-29-39-61(40-30-53)81(62-41-33-55(34-42-62)58-37-47-74-72-24-9-8-22-70(72)71-23-10-11-25-73(71)76(74)51-58)63-45-35-57(36-46-63)65-48-49-66(69-21-7-6-20-68(65)69)59-38-50-80-77(52-59)75-26-12-13-28-79(75)83-80/h1-52H. The van der Waals surface area contributed by atoms with E-state index in [1.54, 1.807) is 0 Å². The number of benzene rings is 15. The summed E-state index contributed by atoms with van der Waals surface area (Å²) in [5.74, 6) is 0. The molecule has 0 fully saturated rings. The van der Waals surface area contributed by atoms with Crippen molar-refractivity contribution in [3.8, 4) is 44.5 Å². The van der Waals surface area contributed by atoms with Gasteiger partial charge in [-0.3, -0.25) is 0 Å². The lowest BCUT2D eigenvalue weighted by atomic mass is 9.91. The average molecular weight is 1070 g/mol. The number of fused-ring (bicyclic) bond motifs is 11. The highest BCUT2D eigenvalue weighted by Crippen LogP contribution is 2.45. The molecule has 0 bridgehead atoms. The molecular weight excluding hydrogens is 1020 g/mol. The highest BCUT2D eigenvalue weighted by Gasteiger charge is 2.19. The van der Waals surface area contributed by atoms with Crippen LogP contribution in [0.3, 0.4) is 0 Å². The molecule has 1 heterocycles. The number of para-hydroxylation sites is 1. The summed E-state index contributed by atoms with van der Waals surface area (Å²) in [7, 11) is 0. The van der Waals surface area contributed by atoms with Gasteiger partial charge in [-0.05, 0) is 184 Å².